The fraction of sp³-hybridized carbons (Fsp3) is 0.862. The van der Waals surface area contributed by atoms with Gasteiger partial charge in [0.15, 0.2) is 0 Å². The number of aliphatic hydroxyl groups excluding tert-OH is 2. The Balaban J connectivity index is 1.47. The highest BCUT2D eigenvalue weighted by atomic mass is 16.3. The highest BCUT2D eigenvalue weighted by molar-refractivity contribution is 5.25. The number of hydrogen-bond donors (Lipinski definition) is 2. The number of fused-ring (bicyclic) bond motifs is 5. The van der Waals surface area contributed by atoms with E-state index in [2.05, 4.69) is 46.8 Å². The van der Waals surface area contributed by atoms with Crippen LogP contribution in [0.5, 0.6) is 0 Å². The monoisotopic (exact) mass is 428 g/mol. The molecule has 4 aliphatic carbocycles. The molecular weight excluding hydrogens is 380 g/mol. The molecule has 4 aliphatic rings. The number of allylic oxidation sites excluding steroid dienone is 2. The van der Waals surface area contributed by atoms with Crippen LogP contribution in [0.15, 0.2) is 23.3 Å². The summed E-state index contributed by atoms with van der Waals surface area (Å²) < 4.78 is 0. The van der Waals surface area contributed by atoms with Gasteiger partial charge in [0, 0.05) is 0 Å². The first-order valence-electron chi connectivity index (χ1n) is 13.4. The normalized spacial score (nSPS) is 43.8. The summed E-state index contributed by atoms with van der Waals surface area (Å²) in [7, 11) is 0. The summed E-state index contributed by atoms with van der Waals surface area (Å²) in [6.45, 7) is 12.4. The van der Waals surface area contributed by atoms with Gasteiger partial charge in [-0.05, 0) is 111 Å². The van der Waals surface area contributed by atoms with Crippen molar-refractivity contribution in [3.8, 4) is 0 Å². The van der Waals surface area contributed by atoms with E-state index in [1.807, 2.05) is 0 Å². The predicted octanol–water partition coefficient (Wildman–Crippen LogP) is 6.92. The second-order valence-electron chi connectivity index (χ2n) is 12.5. The van der Waals surface area contributed by atoms with Crippen molar-refractivity contribution >= 4 is 0 Å². The van der Waals surface area contributed by atoms with Crippen LogP contribution in [-0.2, 0) is 0 Å². The SMILES string of the molecule is CC(C)C(=CCO)CC[C@@H](C)[C@H]1CC[C@H]2[C@@H]3CC=C4C[C@@H](O)CC[C@]4(C)[C@H]3CC[C@]12C. The fourth-order valence-electron chi connectivity index (χ4n) is 8.96. The minimum atomic E-state index is -0.0999. The summed E-state index contributed by atoms with van der Waals surface area (Å²) in [6.07, 6.45) is 17.0. The number of aliphatic hydroxyl groups is 2. The van der Waals surface area contributed by atoms with Crippen molar-refractivity contribution in [3.05, 3.63) is 23.3 Å². The first kappa shape index (κ1) is 23.6. The molecule has 0 radical (unpaired) electrons. The molecular formula is C29H48O2. The minimum absolute atomic E-state index is 0.0999. The van der Waals surface area contributed by atoms with Crippen LogP contribution >= 0.6 is 0 Å². The molecule has 2 heteroatoms. The van der Waals surface area contributed by atoms with Crippen LogP contribution in [0.3, 0.4) is 0 Å². The molecule has 0 unspecified atom stereocenters. The van der Waals surface area contributed by atoms with Crippen LogP contribution in [0.25, 0.3) is 0 Å². The van der Waals surface area contributed by atoms with E-state index in [1.165, 1.54) is 50.5 Å². The van der Waals surface area contributed by atoms with Crippen LogP contribution in [0.1, 0.15) is 98.8 Å². The Morgan fingerprint density at radius 1 is 1.10 bits per heavy atom. The summed E-state index contributed by atoms with van der Waals surface area (Å²) in [5, 5.41) is 19.6. The lowest BCUT2D eigenvalue weighted by molar-refractivity contribution is -0.0571. The van der Waals surface area contributed by atoms with Gasteiger partial charge in [0.25, 0.3) is 0 Å². The molecule has 0 bridgehead atoms. The smallest absolute Gasteiger partial charge is 0.0615 e. The number of rotatable bonds is 6. The fourth-order valence-corrected chi connectivity index (χ4v) is 8.96. The van der Waals surface area contributed by atoms with E-state index in [0.29, 0.717) is 16.7 Å². The Bertz CT molecular complexity index is 706. The molecule has 3 saturated carbocycles. The van der Waals surface area contributed by atoms with E-state index in [9.17, 15) is 10.2 Å². The molecule has 3 fully saturated rings. The van der Waals surface area contributed by atoms with Crippen molar-refractivity contribution in [2.24, 2.45) is 46.3 Å². The third-order valence-electron chi connectivity index (χ3n) is 10.8. The lowest BCUT2D eigenvalue weighted by atomic mass is 9.47. The van der Waals surface area contributed by atoms with Crippen LogP contribution in [0, 0.1) is 46.3 Å². The average Bonchev–Trinajstić information content (AvgIpc) is 3.08. The van der Waals surface area contributed by atoms with Crippen LogP contribution < -0.4 is 0 Å². The van der Waals surface area contributed by atoms with Crippen LogP contribution in [0.4, 0.5) is 0 Å². The van der Waals surface area contributed by atoms with Gasteiger partial charge in [0.05, 0.1) is 12.7 Å². The maximum Gasteiger partial charge on any atom is 0.0615 e. The lowest BCUT2D eigenvalue weighted by Crippen LogP contribution is -2.50. The lowest BCUT2D eigenvalue weighted by Gasteiger charge is -2.58. The molecule has 4 rings (SSSR count). The molecule has 0 aliphatic heterocycles. The Morgan fingerprint density at radius 2 is 1.87 bits per heavy atom. The molecule has 2 N–H and O–H groups in total. The average molecular weight is 429 g/mol. The molecule has 0 spiro atoms. The topological polar surface area (TPSA) is 40.5 Å². The second-order valence-corrected chi connectivity index (χ2v) is 12.5. The molecule has 0 heterocycles. The zero-order valence-electron chi connectivity index (χ0n) is 20.9. The Kier molecular flexibility index (Phi) is 6.82. The van der Waals surface area contributed by atoms with Crippen molar-refractivity contribution in [2.45, 2.75) is 105 Å². The first-order chi connectivity index (χ1) is 14.7. The van der Waals surface area contributed by atoms with Crippen molar-refractivity contribution in [1.29, 1.82) is 0 Å². The highest BCUT2D eigenvalue weighted by Gasteiger charge is 2.59. The van der Waals surface area contributed by atoms with Gasteiger partial charge in [-0.25, -0.2) is 0 Å². The quantitative estimate of drug-likeness (QED) is 0.451. The van der Waals surface area contributed by atoms with Gasteiger partial charge < -0.3 is 10.2 Å². The molecule has 176 valence electrons. The summed E-state index contributed by atoms with van der Waals surface area (Å²) >= 11 is 0. The van der Waals surface area contributed by atoms with Crippen LogP contribution in [-0.4, -0.2) is 22.9 Å². The number of hydrogen-bond acceptors (Lipinski definition) is 2. The summed E-state index contributed by atoms with van der Waals surface area (Å²) in [5.74, 6) is 4.75. The Labute approximate surface area is 191 Å². The Morgan fingerprint density at radius 3 is 2.58 bits per heavy atom. The van der Waals surface area contributed by atoms with Crippen LogP contribution in [0.2, 0.25) is 0 Å². The van der Waals surface area contributed by atoms with Crippen molar-refractivity contribution in [2.75, 3.05) is 6.61 Å². The molecule has 0 saturated heterocycles. The second kappa shape index (κ2) is 8.98. The minimum Gasteiger partial charge on any atom is -0.393 e. The van der Waals surface area contributed by atoms with Gasteiger partial charge in [0.2, 0.25) is 0 Å². The maximum atomic E-state index is 10.2. The summed E-state index contributed by atoms with van der Waals surface area (Å²) in [5.41, 5.74) is 3.90. The largest absolute Gasteiger partial charge is 0.393 e. The molecule has 31 heavy (non-hydrogen) atoms. The zero-order valence-corrected chi connectivity index (χ0v) is 20.9. The predicted molar refractivity (Wildman–Crippen MR) is 130 cm³/mol. The van der Waals surface area contributed by atoms with Gasteiger partial charge in [-0.1, -0.05) is 57.9 Å². The van der Waals surface area contributed by atoms with Gasteiger partial charge >= 0.3 is 0 Å². The van der Waals surface area contributed by atoms with E-state index in [-0.39, 0.29) is 12.7 Å². The van der Waals surface area contributed by atoms with Gasteiger partial charge in [0.1, 0.15) is 0 Å². The molecule has 8 atom stereocenters. The summed E-state index contributed by atoms with van der Waals surface area (Å²) in [4.78, 5) is 0. The maximum absolute atomic E-state index is 10.2. The van der Waals surface area contributed by atoms with E-state index in [1.54, 1.807) is 5.57 Å². The van der Waals surface area contributed by atoms with Gasteiger partial charge in [-0.3, -0.25) is 0 Å². The molecule has 2 nitrogen and oxygen atoms in total. The highest BCUT2D eigenvalue weighted by Crippen LogP contribution is 2.67. The van der Waals surface area contributed by atoms with Gasteiger partial charge in [-0.2, -0.15) is 0 Å². The summed E-state index contributed by atoms with van der Waals surface area (Å²) in [6, 6.07) is 0. The first-order valence-corrected chi connectivity index (χ1v) is 13.4. The van der Waals surface area contributed by atoms with E-state index < -0.39 is 0 Å². The van der Waals surface area contributed by atoms with E-state index in [0.717, 1.165) is 48.9 Å². The zero-order chi connectivity index (χ0) is 22.4. The third kappa shape index (κ3) is 4.10. The van der Waals surface area contributed by atoms with Crippen molar-refractivity contribution in [3.63, 3.8) is 0 Å². The Hall–Kier alpha value is -0.600. The van der Waals surface area contributed by atoms with Crippen molar-refractivity contribution < 1.29 is 10.2 Å². The molecule has 0 aromatic heterocycles. The van der Waals surface area contributed by atoms with Crippen molar-refractivity contribution in [1.82, 2.24) is 0 Å². The van der Waals surface area contributed by atoms with Gasteiger partial charge in [-0.15, -0.1) is 0 Å². The standard InChI is InChI=1S/C29H48O2/c1-19(2)21(14-17-30)7-6-20(3)25-10-11-26-24-9-8-22-18-23(31)12-15-28(22,4)27(24)13-16-29(25,26)5/h8,14,19-20,23-27,30-31H,6-7,9-13,15-18H2,1-5H3/t20-,23+,24+,25-,26+,27+,28+,29-/m1/s1. The molecule has 0 amide bonds. The third-order valence-corrected chi connectivity index (χ3v) is 10.8. The van der Waals surface area contributed by atoms with E-state index in [4.69, 9.17) is 0 Å². The molecule has 0 aromatic carbocycles. The molecule has 0 aromatic rings. The van der Waals surface area contributed by atoms with E-state index >= 15 is 0 Å².